The van der Waals surface area contributed by atoms with Crippen molar-refractivity contribution in [3.05, 3.63) is 40.5 Å². The summed E-state index contributed by atoms with van der Waals surface area (Å²) in [6.07, 6.45) is 1.54. The molecule has 0 amide bonds. The van der Waals surface area contributed by atoms with Crippen LogP contribution in [0.15, 0.2) is 34.9 Å². The summed E-state index contributed by atoms with van der Waals surface area (Å²) in [6, 6.07) is 8.94. The number of methoxy groups -OCH3 is 1. The van der Waals surface area contributed by atoms with Gasteiger partial charge in [-0.2, -0.15) is 10.2 Å². The number of ether oxygens (including phenoxy) is 2. The fraction of sp³-hybridized carbons (Fsp3) is 0.0833. The predicted molar refractivity (Wildman–Crippen MR) is 67.5 cm³/mol. The molecule has 1 heterocycles. The van der Waals surface area contributed by atoms with Crippen molar-refractivity contribution < 1.29 is 9.47 Å². The molecule has 0 saturated heterocycles. The predicted octanol–water partition coefficient (Wildman–Crippen LogP) is 2.91. The van der Waals surface area contributed by atoms with Crippen LogP contribution >= 0.6 is 15.9 Å². The van der Waals surface area contributed by atoms with Crippen molar-refractivity contribution in [1.82, 2.24) is 9.97 Å². The number of hydrogen-bond acceptors (Lipinski definition) is 5. The third-order valence-electron chi connectivity index (χ3n) is 2.06. The third-order valence-corrected chi connectivity index (χ3v) is 2.60. The Balaban J connectivity index is 2.26. The summed E-state index contributed by atoms with van der Waals surface area (Å²) >= 11 is 3.25. The van der Waals surface area contributed by atoms with Crippen molar-refractivity contribution in [1.29, 1.82) is 5.26 Å². The van der Waals surface area contributed by atoms with Crippen molar-refractivity contribution in [2.24, 2.45) is 0 Å². The minimum Gasteiger partial charge on any atom is -0.480 e. The van der Waals surface area contributed by atoms with Gasteiger partial charge in [0, 0.05) is 0 Å². The first-order valence-electron chi connectivity index (χ1n) is 4.97. The maximum Gasteiger partial charge on any atom is 0.325 e. The third kappa shape index (κ3) is 2.76. The molecule has 0 bridgehead atoms. The van der Waals surface area contributed by atoms with Crippen LogP contribution in [0.3, 0.4) is 0 Å². The van der Waals surface area contributed by atoms with Gasteiger partial charge < -0.3 is 9.47 Å². The summed E-state index contributed by atoms with van der Waals surface area (Å²) < 4.78 is 11.1. The summed E-state index contributed by atoms with van der Waals surface area (Å²) in [7, 11) is 1.51. The molecule has 0 atom stereocenters. The van der Waals surface area contributed by atoms with Crippen molar-refractivity contribution in [2.75, 3.05) is 7.11 Å². The number of halogens is 1. The van der Waals surface area contributed by atoms with Crippen LogP contribution < -0.4 is 9.47 Å². The molecule has 0 radical (unpaired) electrons. The Kier molecular flexibility index (Phi) is 3.75. The lowest BCUT2D eigenvalue weighted by atomic mass is 10.2. The monoisotopic (exact) mass is 305 g/mol. The summed E-state index contributed by atoms with van der Waals surface area (Å²) in [6.45, 7) is 0. The molecule has 2 aromatic rings. The highest BCUT2D eigenvalue weighted by Crippen LogP contribution is 2.25. The van der Waals surface area contributed by atoms with Crippen LogP contribution in [0.5, 0.6) is 17.6 Å². The Morgan fingerprint density at radius 2 is 2.22 bits per heavy atom. The van der Waals surface area contributed by atoms with E-state index in [9.17, 15) is 0 Å². The van der Waals surface area contributed by atoms with Crippen LogP contribution in [-0.4, -0.2) is 17.1 Å². The molecule has 6 heteroatoms. The molecular weight excluding hydrogens is 298 g/mol. The van der Waals surface area contributed by atoms with Gasteiger partial charge in [-0.25, -0.2) is 4.98 Å². The first-order valence-corrected chi connectivity index (χ1v) is 5.77. The average Bonchev–Trinajstić information content (AvgIpc) is 2.41. The van der Waals surface area contributed by atoms with Crippen LogP contribution in [0.25, 0.3) is 0 Å². The molecule has 90 valence electrons. The average molecular weight is 306 g/mol. The summed E-state index contributed by atoms with van der Waals surface area (Å²) in [5.41, 5.74) is 0.511. The van der Waals surface area contributed by atoms with E-state index in [2.05, 4.69) is 25.9 Å². The van der Waals surface area contributed by atoms with Crippen LogP contribution in [-0.2, 0) is 0 Å². The van der Waals surface area contributed by atoms with E-state index >= 15 is 0 Å². The van der Waals surface area contributed by atoms with Crippen molar-refractivity contribution in [2.45, 2.75) is 0 Å². The van der Waals surface area contributed by atoms with E-state index in [-0.39, 0.29) is 6.01 Å². The van der Waals surface area contributed by atoms with Gasteiger partial charge in [-0.3, -0.25) is 0 Å². The van der Waals surface area contributed by atoms with Gasteiger partial charge in [-0.05, 0) is 34.1 Å². The Morgan fingerprint density at radius 1 is 1.39 bits per heavy atom. The van der Waals surface area contributed by atoms with Crippen molar-refractivity contribution >= 4 is 15.9 Å². The molecular formula is C12H8BrN3O2. The minimum atomic E-state index is 0.158. The van der Waals surface area contributed by atoms with E-state index in [0.717, 1.165) is 0 Å². The van der Waals surface area contributed by atoms with Crippen LogP contribution in [0.1, 0.15) is 5.56 Å². The summed E-state index contributed by atoms with van der Waals surface area (Å²) in [4.78, 5) is 8.05. The van der Waals surface area contributed by atoms with E-state index < -0.39 is 0 Å². The van der Waals surface area contributed by atoms with Crippen LogP contribution in [0.4, 0.5) is 0 Å². The van der Waals surface area contributed by atoms with Gasteiger partial charge in [-0.15, -0.1) is 0 Å². The molecule has 0 fully saturated rings. The second-order valence-corrected chi connectivity index (χ2v) is 4.11. The number of nitriles is 1. The van der Waals surface area contributed by atoms with Gasteiger partial charge in [-0.1, -0.05) is 6.07 Å². The standard InChI is InChI=1S/C12H8BrN3O2/c1-17-11-10(13)7-15-12(16-11)18-9-4-2-3-8(5-9)6-14/h2-5,7H,1H3. The van der Waals surface area contributed by atoms with E-state index in [4.69, 9.17) is 14.7 Å². The number of aromatic nitrogens is 2. The van der Waals surface area contributed by atoms with Crippen molar-refractivity contribution in [3.8, 4) is 23.7 Å². The van der Waals surface area contributed by atoms with E-state index in [0.29, 0.717) is 21.7 Å². The topological polar surface area (TPSA) is 68.0 Å². The van der Waals surface area contributed by atoms with Crippen LogP contribution in [0, 0.1) is 11.3 Å². The van der Waals surface area contributed by atoms with Crippen LogP contribution in [0.2, 0.25) is 0 Å². The maximum atomic E-state index is 8.78. The first kappa shape index (κ1) is 12.3. The maximum absolute atomic E-state index is 8.78. The quantitative estimate of drug-likeness (QED) is 0.872. The Bertz CT molecular complexity index is 611. The molecule has 2 rings (SSSR count). The Hall–Kier alpha value is -2.13. The fourth-order valence-electron chi connectivity index (χ4n) is 1.26. The van der Waals surface area contributed by atoms with E-state index in [1.54, 1.807) is 24.3 Å². The van der Waals surface area contributed by atoms with Gasteiger partial charge in [0.25, 0.3) is 0 Å². The van der Waals surface area contributed by atoms with Gasteiger partial charge in [0.15, 0.2) is 0 Å². The molecule has 18 heavy (non-hydrogen) atoms. The Morgan fingerprint density at radius 3 is 2.94 bits per heavy atom. The summed E-state index contributed by atoms with van der Waals surface area (Å²) in [5.74, 6) is 0.884. The molecule has 0 aliphatic rings. The number of rotatable bonds is 3. The molecule has 1 aromatic carbocycles. The lowest BCUT2D eigenvalue weighted by Gasteiger charge is -2.06. The molecule has 1 aromatic heterocycles. The highest BCUT2D eigenvalue weighted by Gasteiger charge is 2.07. The lowest BCUT2D eigenvalue weighted by molar-refractivity contribution is 0.373. The minimum absolute atomic E-state index is 0.158. The van der Waals surface area contributed by atoms with Gasteiger partial charge in [0.2, 0.25) is 5.88 Å². The lowest BCUT2D eigenvalue weighted by Crippen LogP contribution is -1.95. The highest BCUT2D eigenvalue weighted by molar-refractivity contribution is 9.10. The zero-order valence-corrected chi connectivity index (χ0v) is 11.0. The zero-order chi connectivity index (χ0) is 13.0. The molecule has 0 aliphatic carbocycles. The molecule has 5 nitrogen and oxygen atoms in total. The Labute approximate surface area is 112 Å². The number of benzene rings is 1. The molecule has 0 unspecified atom stereocenters. The van der Waals surface area contributed by atoms with Crippen molar-refractivity contribution in [3.63, 3.8) is 0 Å². The molecule has 0 saturated carbocycles. The van der Waals surface area contributed by atoms with E-state index in [1.807, 2.05) is 6.07 Å². The molecule has 0 aliphatic heterocycles. The molecule has 0 spiro atoms. The largest absolute Gasteiger partial charge is 0.480 e. The molecule has 0 N–H and O–H groups in total. The van der Waals surface area contributed by atoms with Gasteiger partial charge in [0.1, 0.15) is 5.75 Å². The number of nitrogens with zero attached hydrogens (tertiary/aromatic N) is 3. The van der Waals surface area contributed by atoms with Gasteiger partial charge in [0.05, 0.1) is 29.4 Å². The van der Waals surface area contributed by atoms with E-state index in [1.165, 1.54) is 13.3 Å². The first-order chi connectivity index (χ1) is 8.72. The smallest absolute Gasteiger partial charge is 0.325 e. The summed E-state index contributed by atoms with van der Waals surface area (Å²) in [5, 5.41) is 8.78. The highest BCUT2D eigenvalue weighted by atomic mass is 79.9. The zero-order valence-electron chi connectivity index (χ0n) is 9.42. The van der Waals surface area contributed by atoms with Gasteiger partial charge >= 0.3 is 6.01 Å². The normalized spacial score (nSPS) is 9.61. The second-order valence-electron chi connectivity index (χ2n) is 3.25. The SMILES string of the molecule is COc1nc(Oc2cccc(C#N)c2)ncc1Br. The number of hydrogen-bond donors (Lipinski definition) is 0. The fourth-order valence-corrected chi connectivity index (χ4v) is 1.62. The second kappa shape index (κ2) is 5.47.